The van der Waals surface area contributed by atoms with E-state index in [-0.39, 0.29) is 0 Å². The number of aromatic nitrogens is 1. The first-order chi connectivity index (χ1) is 7.20. The number of hydrogen-bond acceptors (Lipinski definition) is 1. The van der Waals surface area contributed by atoms with Crippen LogP contribution in [0.2, 0.25) is 0 Å². The standard InChI is InChI=1S/C11H18N3S/c1-10-6-2-3-7-14(10)8-4-5-9-15-11(12)13/h2-3,6-7H,4-5,8-9H2,1H3,(H3,12,13)/q+1/p+1. The molecule has 0 unspecified atom stereocenters. The molecule has 0 bridgehead atoms. The predicted octanol–water partition coefficient (Wildman–Crippen LogP) is -0.130. The van der Waals surface area contributed by atoms with Gasteiger partial charge in [-0.15, -0.1) is 0 Å². The SMILES string of the molecule is Cc1cccc[n+]1CCCCSC(N)=[NH2+]. The van der Waals surface area contributed by atoms with Crippen LogP contribution in [0.4, 0.5) is 0 Å². The predicted molar refractivity (Wildman–Crippen MR) is 64.2 cm³/mol. The van der Waals surface area contributed by atoms with Crippen molar-refractivity contribution < 1.29 is 9.98 Å². The average Bonchev–Trinajstić information content (AvgIpc) is 2.20. The van der Waals surface area contributed by atoms with Crippen LogP contribution < -0.4 is 15.7 Å². The van der Waals surface area contributed by atoms with Gasteiger partial charge >= 0.3 is 0 Å². The highest BCUT2D eigenvalue weighted by Gasteiger charge is 2.03. The maximum absolute atomic E-state index is 5.36. The summed E-state index contributed by atoms with van der Waals surface area (Å²) in [6, 6.07) is 6.25. The quantitative estimate of drug-likeness (QED) is 0.317. The number of pyridine rings is 1. The van der Waals surface area contributed by atoms with Gasteiger partial charge in [0, 0.05) is 31.2 Å². The van der Waals surface area contributed by atoms with E-state index in [9.17, 15) is 0 Å². The van der Waals surface area contributed by atoms with Gasteiger partial charge in [-0.1, -0.05) is 6.07 Å². The van der Waals surface area contributed by atoms with Crippen LogP contribution in [0.15, 0.2) is 24.4 Å². The highest BCUT2D eigenvalue weighted by molar-refractivity contribution is 8.13. The highest BCUT2D eigenvalue weighted by atomic mass is 32.2. The van der Waals surface area contributed by atoms with Gasteiger partial charge in [0.15, 0.2) is 11.9 Å². The van der Waals surface area contributed by atoms with Gasteiger partial charge in [-0.3, -0.25) is 11.1 Å². The third-order valence-corrected chi connectivity index (χ3v) is 3.06. The minimum atomic E-state index is 0.471. The Balaban J connectivity index is 2.21. The van der Waals surface area contributed by atoms with Gasteiger partial charge in [0.2, 0.25) is 0 Å². The third-order valence-electron chi connectivity index (χ3n) is 2.23. The maximum Gasteiger partial charge on any atom is 0.299 e. The Hall–Kier alpha value is -1.03. The Labute approximate surface area is 95.2 Å². The molecule has 0 aliphatic rings. The minimum Gasteiger partial charge on any atom is -0.282 e. The third kappa shape index (κ3) is 4.83. The van der Waals surface area contributed by atoms with E-state index in [4.69, 9.17) is 11.1 Å². The first-order valence-corrected chi connectivity index (χ1v) is 6.14. The molecule has 0 amide bonds. The molecule has 0 atom stereocenters. The van der Waals surface area contributed by atoms with Crippen LogP contribution in [0.25, 0.3) is 0 Å². The molecule has 0 radical (unpaired) electrons. The second-order valence-electron chi connectivity index (χ2n) is 3.49. The second kappa shape index (κ2) is 6.45. The summed E-state index contributed by atoms with van der Waals surface area (Å²) in [5.41, 5.74) is 6.66. The monoisotopic (exact) mass is 225 g/mol. The van der Waals surface area contributed by atoms with Crippen molar-refractivity contribution in [1.82, 2.24) is 0 Å². The van der Waals surface area contributed by atoms with E-state index in [1.54, 1.807) is 0 Å². The molecule has 1 aromatic rings. The van der Waals surface area contributed by atoms with Crippen molar-refractivity contribution in [3.8, 4) is 0 Å². The molecule has 1 rings (SSSR count). The molecule has 1 aromatic heterocycles. The van der Waals surface area contributed by atoms with Crippen LogP contribution in [0, 0.1) is 6.92 Å². The van der Waals surface area contributed by atoms with Gasteiger partial charge in [-0.05, 0) is 18.2 Å². The Morgan fingerprint density at radius 1 is 1.47 bits per heavy atom. The Kier molecular flexibility index (Phi) is 5.18. The number of hydrogen-bond donors (Lipinski definition) is 2. The fourth-order valence-electron chi connectivity index (χ4n) is 1.39. The lowest BCUT2D eigenvalue weighted by molar-refractivity contribution is -0.703. The summed E-state index contributed by atoms with van der Waals surface area (Å²) in [5, 5.41) is 5.83. The van der Waals surface area contributed by atoms with Gasteiger partial charge in [-0.2, -0.15) is 0 Å². The number of aryl methyl sites for hydroxylation is 2. The van der Waals surface area contributed by atoms with Crippen molar-refractivity contribution in [2.45, 2.75) is 26.3 Å². The van der Waals surface area contributed by atoms with E-state index in [1.165, 1.54) is 17.5 Å². The summed E-state index contributed by atoms with van der Waals surface area (Å²) in [7, 11) is 0. The van der Waals surface area contributed by atoms with E-state index in [1.807, 2.05) is 0 Å². The summed E-state index contributed by atoms with van der Waals surface area (Å²) < 4.78 is 2.26. The van der Waals surface area contributed by atoms with Gasteiger partial charge in [0.05, 0.1) is 0 Å². The van der Waals surface area contributed by atoms with E-state index >= 15 is 0 Å². The maximum atomic E-state index is 5.36. The normalized spacial score (nSPS) is 10.2. The molecule has 0 aliphatic heterocycles. The molecule has 4 heteroatoms. The highest BCUT2D eigenvalue weighted by Crippen LogP contribution is 2.01. The van der Waals surface area contributed by atoms with E-state index in [0.29, 0.717) is 5.17 Å². The molecular weight excluding hydrogens is 206 g/mol. The van der Waals surface area contributed by atoms with Crippen LogP contribution >= 0.6 is 11.8 Å². The Bertz CT molecular complexity index is 325. The number of rotatable bonds is 5. The number of amidine groups is 1. The van der Waals surface area contributed by atoms with Gasteiger partial charge in [0.1, 0.15) is 6.54 Å². The summed E-state index contributed by atoms with van der Waals surface area (Å²) in [5.74, 6) is 1.01. The number of unbranched alkanes of at least 4 members (excludes halogenated alkanes) is 1. The zero-order valence-electron chi connectivity index (χ0n) is 9.15. The van der Waals surface area contributed by atoms with Crippen molar-refractivity contribution >= 4 is 16.9 Å². The average molecular weight is 225 g/mol. The molecule has 3 nitrogen and oxygen atoms in total. The molecule has 0 saturated heterocycles. The zero-order valence-corrected chi connectivity index (χ0v) is 9.96. The fraction of sp³-hybridized carbons (Fsp3) is 0.455. The molecule has 82 valence electrons. The van der Waals surface area contributed by atoms with E-state index < -0.39 is 0 Å². The first kappa shape index (κ1) is 12.0. The first-order valence-electron chi connectivity index (χ1n) is 5.16. The molecule has 0 aromatic carbocycles. The lowest BCUT2D eigenvalue weighted by atomic mass is 10.3. The number of nitrogens with two attached hydrogens (primary N) is 2. The summed E-state index contributed by atoms with van der Waals surface area (Å²) in [4.78, 5) is 0. The van der Waals surface area contributed by atoms with Gasteiger partial charge in [-0.25, -0.2) is 4.57 Å². The summed E-state index contributed by atoms with van der Waals surface area (Å²) in [6.07, 6.45) is 4.42. The van der Waals surface area contributed by atoms with Crippen LogP contribution in [0.5, 0.6) is 0 Å². The summed E-state index contributed by atoms with van der Waals surface area (Å²) in [6.45, 7) is 3.19. The van der Waals surface area contributed by atoms with E-state index in [2.05, 4.69) is 35.9 Å². The minimum absolute atomic E-state index is 0.471. The zero-order chi connectivity index (χ0) is 11.1. The lowest BCUT2D eigenvalue weighted by Gasteiger charge is -1.99. The molecule has 15 heavy (non-hydrogen) atoms. The molecule has 0 aliphatic carbocycles. The van der Waals surface area contributed by atoms with Crippen molar-refractivity contribution in [1.29, 1.82) is 0 Å². The number of nitrogens with zero attached hydrogens (tertiary/aromatic N) is 1. The molecular formula is C11H19N3S+2. The van der Waals surface area contributed by atoms with Crippen LogP contribution in [0.1, 0.15) is 18.5 Å². The molecule has 0 spiro atoms. The van der Waals surface area contributed by atoms with Crippen LogP contribution in [-0.2, 0) is 6.54 Å². The largest absolute Gasteiger partial charge is 0.299 e. The Morgan fingerprint density at radius 2 is 2.27 bits per heavy atom. The van der Waals surface area contributed by atoms with E-state index in [0.717, 1.165) is 25.1 Å². The topological polar surface area (TPSA) is 55.5 Å². The van der Waals surface area contributed by atoms with Crippen LogP contribution in [0.3, 0.4) is 0 Å². The smallest absolute Gasteiger partial charge is 0.282 e. The molecule has 1 heterocycles. The molecule has 0 saturated carbocycles. The van der Waals surface area contributed by atoms with Crippen molar-refractivity contribution in [3.05, 3.63) is 30.1 Å². The van der Waals surface area contributed by atoms with Crippen molar-refractivity contribution in [2.75, 3.05) is 5.75 Å². The summed E-state index contributed by atoms with van der Waals surface area (Å²) >= 11 is 1.53. The van der Waals surface area contributed by atoms with Gasteiger partial charge in [0.25, 0.3) is 5.17 Å². The molecule has 4 N–H and O–H groups in total. The second-order valence-corrected chi connectivity index (χ2v) is 4.66. The fourth-order valence-corrected chi connectivity index (χ4v) is 1.97. The Morgan fingerprint density at radius 3 is 2.93 bits per heavy atom. The van der Waals surface area contributed by atoms with Crippen LogP contribution in [-0.4, -0.2) is 10.9 Å². The lowest BCUT2D eigenvalue weighted by Crippen LogP contribution is -2.43. The van der Waals surface area contributed by atoms with Gasteiger partial charge < -0.3 is 0 Å². The van der Waals surface area contributed by atoms with Crippen molar-refractivity contribution in [2.24, 2.45) is 5.73 Å². The van der Waals surface area contributed by atoms with Crippen molar-refractivity contribution in [3.63, 3.8) is 0 Å². The molecule has 0 fully saturated rings. The number of thioether (sulfide) groups is 1.